The highest BCUT2D eigenvalue weighted by Gasteiger charge is 2.15. The predicted molar refractivity (Wildman–Crippen MR) is 77.4 cm³/mol. The number of nitrogens with one attached hydrogen (secondary N) is 1. The summed E-state index contributed by atoms with van der Waals surface area (Å²) >= 11 is 0. The third-order valence-corrected chi connectivity index (χ3v) is 3.29. The number of amides is 1. The molecule has 0 radical (unpaired) electrons. The first-order valence-electron chi connectivity index (χ1n) is 7.11. The molecule has 120 valence electrons. The molecule has 5 nitrogen and oxygen atoms in total. The first kappa shape index (κ1) is 15.2. The highest BCUT2D eigenvalue weighted by atomic mass is 19.1. The fraction of sp³-hybridized carbons (Fsp3) is 0.250. The Morgan fingerprint density at radius 3 is 2.74 bits per heavy atom. The van der Waals surface area contributed by atoms with Gasteiger partial charge in [-0.25, -0.2) is 13.8 Å². The molecular formula is C16H14F2N2O3. The number of nitrogens with zero attached hydrogens (tertiary/aromatic N) is 1. The van der Waals surface area contributed by atoms with E-state index >= 15 is 0 Å². The van der Waals surface area contributed by atoms with Crippen LogP contribution in [0.15, 0.2) is 30.5 Å². The summed E-state index contributed by atoms with van der Waals surface area (Å²) < 4.78 is 37.4. The highest BCUT2D eigenvalue weighted by Crippen LogP contribution is 2.30. The van der Waals surface area contributed by atoms with Crippen LogP contribution in [0.25, 0.3) is 0 Å². The van der Waals surface area contributed by atoms with Crippen molar-refractivity contribution in [3.8, 4) is 11.5 Å². The van der Waals surface area contributed by atoms with Crippen molar-refractivity contribution in [1.29, 1.82) is 0 Å². The van der Waals surface area contributed by atoms with Crippen LogP contribution in [0, 0.1) is 11.6 Å². The van der Waals surface area contributed by atoms with Crippen molar-refractivity contribution in [2.75, 3.05) is 13.2 Å². The number of benzene rings is 1. The minimum atomic E-state index is -0.999. The van der Waals surface area contributed by atoms with Crippen LogP contribution in [-0.4, -0.2) is 24.1 Å². The van der Waals surface area contributed by atoms with E-state index in [0.717, 1.165) is 18.2 Å². The van der Waals surface area contributed by atoms with Gasteiger partial charge in [0, 0.05) is 19.0 Å². The molecule has 1 aliphatic heterocycles. The fourth-order valence-electron chi connectivity index (χ4n) is 2.17. The largest absolute Gasteiger partial charge is 0.490 e. The van der Waals surface area contributed by atoms with Gasteiger partial charge in [-0.05, 0) is 17.7 Å². The van der Waals surface area contributed by atoms with E-state index in [1.165, 1.54) is 0 Å². The zero-order valence-corrected chi connectivity index (χ0v) is 12.1. The maximum Gasteiger partial charge on any atom is 0.273 e. The Labute approximate surface area is 131 Å². The molecule has 1 aromatic heterocycles. The second kappa shape index (κ2) is 6.60. The first-order chi connectivity index (χ1) is 11.1. The van der Waals surface area contributed by atoms with Gasteiger partial charge in [0.1, 0.15) is 5.82 Å². The van der Waals surface area contributed by atoms with Gasteiger partial charge in [-0.3, -0.25) is 4.79 Å². The second-order valence-corrected chi connectivity index (χ2v) is 5.00. The first-order valence-corrected chi connectivity index (χ1v) is 7.11. The number of carbonyl (C=O) groups excluding carboxylic acids is 1. The molecule has 0 spiro atoms. The topological polar surface area (TPSA) is 60.5 Å². The lowest BCUT2D eigenvalue weighted by Gasteiger charge is -2.10. The molecule has 2 heterocycles. The van der Waals surface area contributed by atoms with Crippen molar-refractivity contribution in [2.24, 2.45) is 0 Å². The van der Waals surface area contributed by atoms with Crippen LogP contribution >= 0.6 is 0 Å². The van der Waals surface area contributed by atoms with Crippen LogP contribution < -0.4 is 14.8 Å². The van der Waals surface area contributed by atoms with Crippen LogP contribution in [0.5, 0.6) is 11.5 Å². The van der Waals surface area contributed by atoms with E-state index < -0.39 is 23.2 Å². The van der Waals surface area contributed by atoms with Crippen LogP contribution in [0.4, 0.5) is 8.78 Å². The number of ether oxygens (including phenoxy) is 2. The summed E-state index contributed by atoms with van der Waals surface area (Å²) in [4.78, 5) is 15.4. The fourth-order valence-corrected chi connectivity index (χ4v) is 2.17. The lowest BCUT2D eigenvalue weighted by atomic mass is 10.2. The molecule has 23 heavy (non-hydrogen) atoms. The zero-order valence-electron chi connectivity index (χ0n) is 12.1. The van der Waals surface area contributed by atoms with Crippen LogP contribution in [0.3, 0.4) is 0 Å². The van der Waals surface area contributed by atoms with Crippen LogP contribution in [-0.2, 0) is 6.54 Å². The Balaban J connectivity index is 1.68. The third kappa shape index (κ3) is 3.56. The minimum absolute atomic E-state index is 0.161. The summed E-state index contributed by atoms with van der Waals surface area (Å²) in [6.07, 6.45) is 1.60. The Bertz CT molecular complexity index is 737. The smallest absolute Gasteiger partial charge is 0.273 e. The molecule has 1 aromatic carbocycles. The lowest BCUT2D eigenvalue weighted by Crippen LogP contribution is -2.25. The average molecular weight is 320 g/mol. The summed E-state index contributed by atoms with van der Waals surface area (Å²) in [7, 11) is 0. The van der Waals surface area contributed by atoms with Crippen molar-refractivity contribution in [1.82, 2.24) is 10.3 Å². The lowest BCUT2D eigenvalue weighted by molar-refractivity contribution is 0.0941. The predicted octanol–water partition coefficient (Wildman–Crippen LogP) is 2.45. The van der Waals surface area contributed by atoms with E-state index in [4.69, 9.17) is 9.47 Å². The Morgan fingerprint density at radius 2 is 1.96 bits per heavy atom. The molecule has 7 heteroatoms. The summed E-state index contributed by atoms with van der Waals surface area (Å²) in [6.45, 7) is 1.32. The van der Waals surface area contributed by atoms with Crippen molar-refractivity contribution in [3.05, 3.63) is 53.4 Å². The van der Waals surface area contributed by atoms with E-state index in [9.17, 15) is 13.6 Å². The van der Waals surface area contributed by atoms with Crippen molar-refractivity contribution in [2.45, 2.75) is 13.0 Å². The third-order valence-electron chi connectivity index (χ3n) is 3.29. The van der Waals surface area contributed by atoms with E-state index in [1.54, 1.807) is 18.2 Å². The van der Waals surface area contributed by atoms with E-state index in [0.29, 0.717) is 30.8 Å². The van der Waals surface area contributed by atoms with Crippen molar-refractivity contribution < 1.29 is 23.0 Å². The Morgan fingerprint density at radius 1 is 1.17 bits per heavy atom. The molecular weight excluding hydrogens is 306 g/mol. The number of hydrogen-bond donors (Lipinski definition) is 1. The molecule has 0 atom stereocenters. The second-order valence-electron chi connectivity index (χ2n) is 5.00. The molecule has 0 bridgehead atoms. The van der Waals surface area contributed by atoms with Gasteiger partial charge in [0.05, 0.1) is 19.4 Å². The van der Waals surface area contributed by atoms with Gasteiger partial charge in [0.15, 0.2) is 23.0 Å². The molecule has 3 rings (SSSR count). The monoisotopic (exact) mass is 320 g/mol. The summed E-state index contributed by atoms with van der Waals surface area (Å²) in [5, 5.41) is 2.54. The van der Waals surface area contributed by atoms with E-state index in [-0.39, 0.29) is 6.54 Å². The van der Waals surface area contributed by atoms with E-state index in [1.807, 2.05) is 0 Å². The number of pyridine rings is 1. The summed E-state index contributed by atoms with van der Waals surface area (Å²) in [5.74, 6) is -1.28. The van der Waals surface area contributed by atoms with Gasteiger partial charge >= 0.3 is 0 Å². The van der Waals surface area contributed by atoms with Gasteiger partial charge in [0.2, 0.25) is 0 Å². The zero-order chi connectivity index (χ0) is 16.2. The van der Waals surface area contributed by atoms with Gasteiger partial charge in [-0.1, -0.05) is 6.07 Å². The summed E-state index contributed by atoms with van der Waals surface area (Å²) in [6, 6.07) is 5.92. The number of rotatable bonds is 3. The Kier molecular flexibility index (Phi) is 4.36. The normalized spacial score (nSPS) is 13.3. The van der Waals surface area contributed by atoms with Gasteiger partial charge < -0.3 is 14.8 Å². The molecule has 0 saturated carbocycles. The number of aromatic nitrogens is 1. The Hall–Kier alpha value is -2.70. The van der Waals surface area contributed by atoms with Gasteiger partial charge in [-0.2, -0.15) is 0 Å². The standard InChI is InChI=1S/C16H14F2N2O3/c17-11-7-12(18)15(19-9-11)16(21)20-8-10-2-3-13-14(6-10)23-5-1-4-22-13/h2-3,6-7,9H,1,4-5,8H2,(H,20,21). The maximum absolute atomic E-state index is 13.5. The van der Waals surface area contributed by atoms with Crippen LogP contribution in [0.2, 0.25) is 0 Å². The van der Waals surface area contributed by atoms with Gasteiger partial charge in [-0.15, -0.1) is 0 Å². The molecule has 1 amide bonds. The van der Waals surface area contributed by atoms with Gasteiger partial charge in [0.25, 0.3) is 5.91 Å². The SMILES string of the molecule is O=C(NCc1ccc2c(c1)OCCCO2)c1ncc(F)cc1F. The van der Waals surface area contributed by atoms with E-state index in [2.05, 4.69) is 10.3 Å². The molecule has 0 saturated heterocycles. The van der Waals surface area contributed by atoms with Crippen LogP contribution in [0.1, 0.15) is 22.5 Å². The molecule has 1 aliphatic rings. The number of hydrogen-bond acceptors (Lipinski definition) is 4. The quantitative estimate of drug-likeness (QED) is 0.944. The number of halogens is 2. The molecule has 1 N–H and O–H groups in total. The molecule has 0 fully saturated rings. The maximum atomic E-state index is 13.5. The minimum Gasteiger partial charge on any atom is -0.490 e. The highest BCUT2D eigenvalue weighted by molar-refractivity contribution is 5.92. The molecule has 2 aromatic rings. The number of carbonyl (C=O) groups is 1. The van der Waals surface area contributed by atoms with Crippen molar-refractivity contribution >= 4 is 5.91 Å². The number of fused-ring (bicyclic) bond motifs is 1. The molecule has 0 unspecified atom stereocenters. The summed E-state index contributed by atoms with van der Waals surface area (Å²) in [5.41, 5.74) is 0.325. The van der Waals surface area contributed by atoms with Crippen molar-refractivity contribution in [3.63, 3.8) is 0 Å². The average Bonchev–Trinajstić information content (AvgIpc) is 2.77. The molecule has 0 aliphatic carbocycles.